The van der Waals surface area contributed by atoms with Gasteiger partial charge in [-0.1, -0.05) is 23.2 Å². The molecule has 1 heterocycles. The van der Waals surface area contributed by atoms with Gasteiger partial charge in [-0.05, 0) is 13.0 Å². The number of hydrogen-bond donors (Lipinski definition) is 1. The smallest absolute Gasteiger partial charge is 0.382 e. The highest BCUT2D eigenvalue weighted by atomic mass is 35.5. The van der Waals surface area contributed by atoms with Crippen molar-refractivity contribution in [1.29, 1.82) is 0 Å². The zero-order valence-electron chi connectivity index (χ0n) is 8.85. The normalized spacial score (nSPS) is 11.6. The molecular weight excluding hydrogens is 278 g/mol. The standard InChI is InChI=1S/C9H10Cl2F3N3/c1-2-17(4-9(12,13)14)8-6(11)3-5(10)7(15)16-8/h3H,2,4H2,1H3,(H2,15,16). The molecule has 0 atom stereocenters. The first-order chi connectivity index (χ1) is 7.74. The number of anilines is 2. The Hall–Kier alpha value is -0.880. The van der Waals surface area contributed by atoms with E-state index in [0.29, 0.717) is 0 Å². The average Bonchev–Trinajstić information content (AvgIpc) is 2.19. The summed E-state index contributed by atoms with van der Waals surface area (Å²) in [4.78, 5) is 4.75. The average molecular weight is 288 g/mol. The number of nitrogens with zero attached hydrogens (tertiary/aromatic N) is 2. The Morgan fingerprint density at radius 3 is 2.41 bits per heavy atom. The second-order valence-electron chi connectivity index (χ2n) is 3.29. The number of hydrogen-bond acceptors (Lipinski definition) is 3. The maximum absolute atomic E-state index is 12.3. The molecule has 2 N–H and O–H groups in total. The fraction of sp³-hybridized carbons (Fsp3) is 0.444. The molecule has 0 radical (unpaired) electrons. The van der Waals surface area contributed by atoms with Crippen LogP contribution in [-0.4, -0.2) is 24.2 Å². The van der Waals surface area contributed by atoms with Crippen molar-refractivity contribution < 1.29 is 13.2 Å². The minimum Gasteiger partial charge on any atom is -0.382 e. The molecule has 0 unspecified atom stereocenters. The minimum absolute atomic E-state index is 0.0200. The first-order valence-electron chi connectivity index (χ1n) is 4.67. The van der Waals surface area contributed by atoms with Crippen LogP contribution in [0.1, 0.15) is 6.92 Å². The number of pyridine rings is 1. The van der Waals surface area contributed by atoms with Crippen molar-refractivity contribution in [3.63, 3.8) is 0 Å². The molecule has 1 rings (SSSR count). The highest BCUT2D eigenvalue weighted by Gasteiger charge is 2.31. The van der Waals surface area contributed by atoms with Crippen LogP contribution in [0.25, 0.3) is 0 Å². The molecule has 8 heteroatoms. The number of nitrogen functional groups attached to an aromatic ring is 1. The van der Waals surface area contributed by atoms with Gasteiger partial charge in [0, 0.05) is 6.54 Å². The summed E-state index contributed by atoms with van der Waals surface area (Å²) in [5, 5.41) is 0.150. The lowest BCUT2D eigenvalue weighted by Gasteiger charge is -2.24. The molecule has 3 nitrogen and oxygen atoms in total. The van der Waals surface area contributed by atoms with Gasteiger partial charge in [-0.15, -0.1) is 0 Å². The molecule has 1 aromatic rings. The fourth-order valence-corrected chi connectivity index (χ4v) is 1.72. The summed E-state index contributed by atoms with van der Waals surface area (Å²) in [5.41, 5.74) is 5.44. The second-order valence-corrected chi connectivity index (χ2v) is 4.10. The summed E-state index contributed by atoms with van der Waals surface area (Å²) in [5.74, 6) is -0.0694. The van der Waals surface area contributed by atoms with Crippen LogP contribution in [0, 0.1) is 0 Å². The summed E-state index contributed by atoms with van der Waals surface area (Å²) in [6.07, 6.45) is -4.34. The maximum atomic E-state index is 12.3. The van der Waals surface area contributed by atoms with Gasteiger partial charge in [0.15, 0.2) is 0 Å². The second kappa shape index (κ2) is 5.18. The van der Waals surface area contributed by atoms with E-state index in [1.807, 2.05) is 0 Å². The third kappa shape index (κ3) is 3.81. The van der Waals surface area contributed by atoms with Gasteiger partial charge in [0.2, 0.25) is 0 Å². The molecule has 0 saturated heterocycles. The minimum atomic E-state index is -4.34. The van der Waals surface area contributed by atoms with Crippen molar-refractivity contribution in [3.05, 3.63) is 16.1 Å². The van der Waals surface area contributed by atoms with E-state index in [-0.39, 0.29) is 28.2 Å². The van der Waals surface area contributed by atoms with Crippen molar-refractivity contribution in [1.82, 2.24) is 4.98 Å². The summed E-state index contributed by atoms with van der Waals surface area (Å²) in [7, 11) is 0. The van der Waals surface area contributed by atoms with Gasteiger partial charge in [0.1, 0.15) is 18.2 Å². The van der Waals surface area contributed by atoms with Crippen LogP contribution in [0.5, 0.6) is 0 Å². The van der Waals surface area contributed by atoms with E-state index in [2.05, 4.69) is 4.98 Å². The monoisotopic (exact) mass is 287 g/mol. The third-order valence-corrected chi connectivity index (χ3v) is 2.57. The Kier molecular flexibility index (Phi) is 4.32. The molecule has 0 amide bonds. The van der Waals surface area contributed by atoms with E-state index in [4.69, 9.17) is 28.9 Å². The van der Waals surface area contributed by atoms with E-state index in [0.717, 1.165) is 4.90 Å². The lowest BCUT2D eigenvalue weighted by atomic mass is 10.3. The molecule has 0 saturated carbocycles. The van der Waals surface area contributed by atoms with Crippen LogP contribution >= 0.6 is 23.2 Å². The molecule has 0 spiro atoms. The lowest BCUT2D eigenvalue weighted by Crippen LogP contribution is -2.35. The molecule has 0 aromatic carbocycles. The molecule has 0 aliphatic heterocycles. The Morgan fingerprint density at radius 2 is 1.94 bits per heavy atom. The van der Waals surface area contributed by atoms with Crippen molar-refractivity contribution in [2.45, 2.75) is 13.1 Å². The van der Waals surface area contributed by atoms with Gasteiger partial charge in [0.05, 0.1) is 10.0 Å². The summed E-state index contributed by atoms with van der Waals surface area (Å²) < 4.78 is 37.0. The lowest BCUT2D eigenvalue weighted by molar-refractivity contribution is -0.119. The van der Waals surface area contributed by atoms with Gasteiger partial charge in [-0.3, -0.25) is 0 Å². The van der Waals surface area contributed by atoms with Crippen molar-refractivity contribution >= 4 is 34.8 Å². The van der Waals surface area contributed by atoms with Crippen LogP contribution in [0.2, 0.25) is 10.0 Å². The quantitative estimate of drug-likeness (QED) is 0.927. The van der Waals surface area contributed by atoms with Crippen molar-refractivity contribution in [2.24, 2.45) is 0 Å². The zero-order valence-corrected chi connectivity index (χ0v) is 10.4. The van der Waals surface area contributed by atoms with E-state index in [1.54, 1.807) is 6.92 Å². The van der Waals surface area contributed by atoms with Crippen molar-refractivity contribution in [2.75, 3.05) is 23.7 Å². The highest BCUT2D eigenvalue weighted by Crippen LogP contribution is 2.31. The predicted octanol–water partition coefficient (Wildman–Crippen LogP) is 3.36. The Bertz CT molecular complexity index is 409. The maximum Gasteiger partial charge on any atom is 0.405 e. The Labute approximate surface area is 106 Å². The Morgan fingerprint density at radius 1 is 1.35 bits per heavy atom. The largest absolute Gasteiger partial charge is 0.405 e. The van der Waals surface area contributed by atoms with E-state index in [1.165, 1.54) is 6.07 Å². The zero-order chi connectivity index (χ0) is 13.2. The molecule has 96 valence electrons. The van der Waals surface area contributed by atoms with Crippen LogP contribution < -0.4 is 10.6 Å². The number of alkyl halides is 3. The van der Waals surface area contributed by atoms with Gasteiger partial charge < -0.3 is 10.6 Å². The third-order valence-electron chi connectivity index (χ3n) is 1.99. The predicted molar refractivity (Wildman–Crippen MR) is 62.6 cm³/mol. The van der Waals surface area contributed by atoms with Gasteiger partial charge >= 0.3 is 6.18 Å². The van der Waals surface area contributed by atoms with Crippen LogP contribution in [-0.2, 0) is 0 Å². The topological polar surface area (TPSA) is 42.2 Å². The Balaban J connectivity index is 3.08. The van der Waals surface area contributed by atoms with Crippen LogP contribution in [0.4, 0.5) is 24.8 Å². The molecular formula is C9H10Cl2F3N3. The molecule has 0 bridgehead atoms. The molecule has 17 heavy (non-hydrogen) atoms. The van der Waals surface area contributed by atoms with Gasteiger partial charge in [-0.2, -0.15) is 13.2 Å². The van der Waals surface area contributed by atoms with Crippen LogP contribution in [0.15, 0.2) is 6.07 Å². The molecule has 0 fully saturated rings. The number of nitrogens with two attached hydrogens (primary N) is 1. The van der Waals surface area contributed by atoms with Gasteiger partial charge in [0.25, 0.3) is 0 Å². The summed E-state index contributed by atoms with van der Waals surface area (Å²) in [6.45, 7) is 0.527. The first-order valence-corrected chi connectivity index (χ1v) is 5.43. The number of rotatable bonds is 3. The first kappa shape index (κ1) is 14.2. The molecule has 1 aromatic heterocycles. The van der Waals surface area contributed by atoms with Gasteiger partial charge in [-0.25, -0.2) is 4.98 Å². The SMILES string of the molecule is CCN(CC(F)(F)F)c1nc(N)c(Cl)cc1Cl. The summed E-state index contributed by atoms with van der Waals surface area (Å²) in [6, 6.07) is 1.28. The van der Waals surface area contributed by atoms with E-state index in [9.17, 15) is 13.2 Å². The highest BCUT2D eigenvalue weighted by molar-refractivity contribution is 6.37. The van der Waals surface area contributed by atoms with E-state index < -0.39 is 12.7 Å². The fourth-order valence-electron chi connectivity index (χ4n) is 1.25. The molecule has 0 aliphatic rings. The van der Waals surface area contributed by atoms with Crippen molar-refractivity contribution in [3.8, 4) is 0 Å². The van der Waals surface area contributed by atoms with Crippen LogP contribution in [0.3, 0.4) is 0 Å². The summed E-state index contributed by atoms with van der Waals surface area (Å²) >= 11 is 11.4. The molecule has 0 aliphatic carbocycles. The van der Waals surface area contributed by atoms with E-state index >= 15 is 0 Å². The number of aromatic nitrogens is 1. The number of halogens is 5.